The highest BCUT2D eigenvalue weighted by molar-refractivity contribution is 5.96. The summed E-state index contributed by atoms with van der Waals surface area (Å²) in [7, 11) is 0. The summed E-state index contributed by atoms with van der Waals surface area (Å²) in [6, 6.07) is 15.9. The monoisotopic (exact) mass is 416 g/mol. The van der Waals surface area contributed by atoms with Crippen molar-refractivity contribution in [2.45, 2.75) is 52.7 Å². The van der Waals surface area contributed by atoms with Crippen LogP contribution in [0.4, 0.5) is 5.95 Å². The maximum absolute atomic E-state index is 12.5. The average Bonchev–Trinajstić information content (AvgIpc) is 3.19. The molecule has 0 spiro atoms. The van der Waals surface area contributed by atoms with Crippen LogP contribution in [0.25, 0.3) is 0 Å². The van der Waals surface area contributed by atoms with Gasteiger partial charge in [0.1, 0.15) is 24.7 Å². The van der Waals surface area contributed by atoms with Crippen LogP contribution >= 0.6 is 0 Å². The number of allylic oxidation sites excluding steroid dienone is 2. The minimum absolute atomic E-state index is 0.0104. The van der Waals surface area contributed by atoms with E-state index in [0.717, 1.165) is 22.6 Å². The smallest absolute Gasteiger partial charge is 0.226 e. The molecule has 31 heavy (non-hydrogen) atoms. The molecule has 160 valence electrons. The molecule has 1 atom stereocenters. The van der Waals surface area contributed by atoms with Crippen molar-refractivity contribution in [3.63, 3.8) is 0 Å². The molecule has 1 unspecified atom stereocenters. The molecule has 6 nitrogen and oxygen atoms in total. The first kappa shape index (κ1) is 20.8. The molecule has 1 aliphatic rings. The fourth-order valence-electron chi connectivity index (χ4n) is 3.93. The Kier molecular flexibility index (Phi) is 5.39. The Morgan fingerprint density at radius 2 is 1.84 bits per heavy atom. The molecule has 0 amide bonds. The Bertz CT molecular complexity index is 1140. The maximum atomic E-state index is 12.5. The van der Waals surface area contributed by atoms with Gasteiger partial charge in [-0.25, -0.2) is 4.68 Å². The molecule has 0 saturated carbocycles. The molecule has 6 heteroatoms. The van der Waals surface area contributed by atoms with E-state index in [0.29, 0.717) is 18.1 Å². The molecule has 1 aromatic heterocycles. The quantitative estimate of drug-likeness (QED) is 0.632. The fourth-order valence-corrected chi connectivity index (χ4v) is 3.93. The van der Waals surface area contributed by atoms with Crippen molar-refractivity contribution in [2.24, 2.45) is 0 Å². The number of anilines is 1. The second-order valence-corrected chi connectivity index (χ2v) is 8.92. The lowest BCUT2D eigenvalue weighted by Gasteiger charge is -2.29. The number of carbonyl (C=O) groups excluding carboxylic acids is 1. The predicted octanol–water partition coefficient (Wildman–Crippen LogP) is 5.03. The van der Waals surface area contributed by atoms with Crippen LogP contribution in [0.3, 0.4) is 0 Å². The molecule has 2 aromatic carbocycles. The number of ketones is 1. The topological polar surface area (TPSA) is 69.0 Å². The number of Topliss-reactive ketones (excluding diaryl/α,β-unsaturated/α-hetero) is 1. The number of carbonyl (C=O) groups is 1. The Morgan fingerprint density at radius 3 is 2.52 bits per heavy atom. The predicted molar refractivity (Wildman–Crippen MR) is 121 cm³/mol. The molecule has 0 saturated heterocycles. The number of nitrogens with zero attached hydrogens (tertiary/aromatic N) is 3. The van der Waals surface area contributed by atoms with Gasteiger partial charge < -0.3 is 10.1 Å². The first-order valence-electron chi connectivity index (χ1n) is 10.4. The summed E-state index contributed by atoms with van der Waals surface area (Å²) in [5.74, 6) is 1.33. The van der Waals surface area contributed by atoms with Gasteiger partial charge in [-0.1, -0.05) is 63.2 Å². The molecule has 3 aromatic rings. The van der Waals surface area contributed by atoms with Crippen molar-refractivity contribution >= 4 is 11.7 Å². The van der Waals surface area contributed by atoms with Gasteiger partial charge in [0.25, 0.3) is 0 Å². The third-order valence-corrected chi connectivity index (χ3v) is 5.60. The molecule has 1 aliphatic heterocycles. The lowest BCUT2D eigenvalue weighted by molar-refractivity contribution is -0.114. The van der Waals surface area contributed by atoms with E-state index in [-0.39, 0.29) is 11.2 Å². The zero-order valence-corrected chi connectivity index (χ0v) is 18.6. The number of aromatic nitrogens is 3. The highest BCUT2D eigenvalue weighted by atomic mass is 16.5. The molecular formula is C25H28N4O2. The Morgan fingerprint density at radius 1 is 1.13 bits per heavy atom. The van der Waals surface area contributed by atoms with Crippen LogP contribution in [0.15, 0.2) is 66.1 Å². The van der Waals surface area contributed by atoms with Crippen molar-refractivity contribution in [2.75, 3.05) is 5.32 Å². The van der Waals surface area contributed by atoms with Crippen LogP contribution in [-0.4, -0.2) is 20.5 Å². The average molecular weight is 417 g/mol. The van der Waals surface area contributed by atoms with E-state index in [9.17, 15) is 4.79 Å². The summed E-state index contributed by atoms with van der Waals surface area (Å²) >= 11 is 0. The number of hydrogen-bond acceptors (Lipinski definition) is 5. The van der Waals surface area contributed by atoms with Crippen LogP contribution < -0.4 is 10.1 Å². The molecular weight excluding hydrogens is 388 g/mol. The summed E-state index contributed by atoms with van der Waals surface area (Å²) in [4.78, 5) is 16.8. The van der Waals surface area contributed by atoms with Gasteiger partial charge in [0.15, 0.2) is 5.78 Å². The molecule has 0 fully saturated rings. The lowest BCUT2D eigenvalue weighted by Crippen LogP contribution is -2.28. The number of nitrogens with one attached hydrogen (secondary N) is 1. The molecule has 0 aliphatic carbocycles. The SMILES string of the molecule is CC(=O)C1=C(C)Nc2ncnn2C1c1ccccc1OCc1ccc(C(C)(C)C)cc1. The molecule has 0 bridgehead atoms. The van der Waals surface area contributed by atoms with Gasteiger partial charge in [0.05, 0.1) is 0 Å². The third-order valence-electron chi connectivity index (χ3n) is 5.60. The summed E-state index contributed by atoms with van der Waals surface area (Å²) in [6.45, 7) is 10.5. The second kappa shape index (κ2) is 8.02. The van der Waals surface area contributed by atoms with Crippen LogP contribution in [0.2, 0.25) is 0 Å². The summed E-state index contributed by atoms with van der Waals surface area (Å²) in [6.07, 6.45) is 1.49. The zero-order valence-electron chi connectivity index (χ0n) is 18.6. The largest absolute Gasteiger partial charge is 0.489 e. The molecule has 4 rings (SSSR count). The Balaban J connectivity index is 1.66. The minimum atomic E-state index is -0.393. The van der Waals surface area contributed by atoms with E-state index in [4.69, 9.17) is 4.74 Å². The number of ether oxygens (including phenoxy) is 1. The normalized spacial score (nSPS) is 16.0. The van der Waals surface area contributed by atoms with Gasteiger partial charge in [-0.3, -0.25) is 4.79 Å². The number of benzene rings is 2. The maximum Gasteiger partial charge on any atom is 0.226 e. The fraction of sp³-hybridized carbons (Fsp3) is 0.320. The third kappa shape index (κ3) is 4.10. The highest BCUT2D eigenvalue weighted by Crippen LogP contribution is 2.39. The van der Waals surface area contributed by atoms with E-state index in [1.807, 2.05) is 31.2 Å². The van der Waals surface area contributed by atoms with E-state index in [2.05, 4.69) is 60.4 Å². The summed E-state index contributed by atoms with van der Waals surface area (Å²) in [5, 5.41) is 7.55. The van der Waals surface area contributed by atoms with Crippen molar-refractivity contribution in [3.8, 4) is 5.75 Å². The number of para-hydroxylation sites is 1. The number of rotatable bonds is 5. The Labute approximate surface area is 183 Å². The van der Waals surface area contributed by atoms with Crippen molar-refractivity contribution in [1.82, 2.24) is 14.8 Å². The van der Waals surface area contributed by atoms with Crippen LogP contribution in [0, 0.1) is 0 Å². The zero-order chi connectivity index (χ0) is 22.2. The summed E-state index contributed by atoms with van der Waals surface area (Å²) < 4.78 is 7.98. The first-order chi connectivity index (χ1) is 14.8. The van der Waals surface area contributed by atoms with Crippen molar-refractivity contribution in [1.29, 1.82) is 0 Å². The number of fused-ring (bicyclic) bond motifs is 1. The van der Waals surface area contributed by atoms with E-state index < -0.39 is 6.04 Å². The van der Waals surface area contributed by atoms with Gasteiger partial charge in [-0.05, 0) is 36.5 Å². The second-order valence-electron chi connectivity index (χ2n) is 8.92. The van der Waals surface area contributed by atoms with Crippen molar-refractivity contribution < 1.29 is 9.53 Å². The minimum Gasteiger partial charge on any atom is -0.489 e. The highest BCUT2D eigenvalue weighted by Gasteiger charge is 2.33. The van der Waals surface area contributed by atoms with E-state index in [1.165, 1.54) is 11.9 Å². The van der Waals surface area contributed by atoms with Gasteiger partial charge in [-0.2, -0.15) is 10.1 Å². The van der Waals surface area contributed by atoms with E-state index >= 15 is 0 Å². The first-order valence-corrected chi connectivity index (χ1v) is 10.4. The summed E-state index contributed by atoms with van der Waals surface area (Å²) in [5.41, 5.74) is 4.81. The van der Waals surface area contributed by atoms with Crippen LogP contribution in [-0.2, 0) is 16.8 Å². The van der Waals surface area contributed by atoms with Gasteiger partial charge >= 0.3 is 0 Å². The molecule has 1 N–H and O–H groups in total. The van der Waals surface area contributed by atoms with Crippen LogP contribution in [0.5, 0.6) is 5.75 Å². The molecule has 2 heterocycles. The standard InChI is InChI=1S/C25H28N4O2/c1-16-22(17(2)30)23(29-24(28-16)26-15-27-29)20-8-6-7-9-21(20)31-14-18-10-12-19(13-11-18)25(3,4)5/h6-13,15,23H,14H2,1-5H3,(H,26,27,28). The number of hydrogen-bond donors (Lipinski definition) is 1. The van der Waals surface area contributed by atoms with Crippen LogP contribution in [0.1, 0.15) is 57.4 Å². The van der Waals surface area contributed by atoms with Gasteiger partial charge in [0, 0.05) is 16.8 Å². The lowest BCUT2D eigenvalue weighted by atomic mass is 9.87. The van der Waals surface area contributed by atoms with Crippen molar-refractivity contribution in [3.05, 3.63) is 82.8 Å². The van der Waals surface area contributed by atoms with Gasteiger partial charge in [-0.15, -0.1) is 0 Å². The molecule has 0 radical (unpaired) electrons. The Hall–Kier alpha value is -3.41. The van der Waals surface area contributed by atoms with Gasteiger partial charge in [0.2, 0.25) is 5.95 Å². The van der Waals surface area contributed by atoms with E-state index in [1.54, 1.807) is 11.6 Å².